The number of hydrogen-bond acceptors (Lipinski definition) is 3. The largest absolute Gasteiger partial charge is 0.480 e. The van der Waals surface area contributed by atoms with Gasteiger partial charge in [-0.25, -0.2) is 0 Å². The monoisotopic (exact) mass is 188 g/mol. The highest BCUT2D eigenvalue weighted by molar-refractivity contribution is 5.81. The summed E-state index contributed by atoms with van der Waals surface area (Å²) < 4.78 is 0. The van der Waals surface area contributed by atoms with Crippen LogP contribution in [0.5, 0.6) is 0 Å². The van der Waals surface area contributed by atoms with E-state index in [0.29, 0.717) is 6.42 Å². The number of carbonyl (C=O) groups is 2. The molecule has 0 radical (unpaired) electrons. The van der Waals surface area contributed by atoms with Crippen LogP contribution in [0.4, 0.5) is 0 Å². The van der Waals surface area contributed by atoms with E-state index in [2.05, 4.69) is 5.32 Å². The van der Waals surface area contributed by atoms with Crippen molar-refractivity contribution in [1.82, 2.24) is 5.32 Å². The quantitative estimate of drug-likeness (QED) is 0.552. The molecule has 0 aromatic heterocycles. The Kier molecular flexibility index (Phi) is 4.40. The highest BCUT2D eigenvalue weighted by Gasteiger charge is 2.13. The van der Waals surface area contributed by atoms with Crippen molar-refractivity contribution in [2.24, 2.45) is 5.73 Å². The second-order valence-corrected chi connectivity index (χ2v) is 3.66. The molecule has 4 N–H and O–H groups in total. The minimum absolute atomic E-state index is 0.261. The number of carboxylic acid groups (broad SMARTS) is 1. The molecule has 0 aliphatic carbocycles. The molecule has 0 rings (SSSR count). The van der Waals surface area contributed by atoms with Crippen molar-refractivity contribution in [2.75, 3.05) is 6.54 Å². The van der Waals surface area contributed by atoms with Gasteiger partial charge in [0.25, 0.3) is 0 Å². The highest BCUT2D eigenvalue weighted by Crippen LogP contribution is 2.06. The number of amides is 1. The molecule has 13 heavy (non-hydrogen) atoms. The number of carbonyl (C=O) groups excluding carboxylic acids is 1. The summed E-state index contributed by atoms with van der Waals surface area (Å²) in [5.41, 5.74) is 5.26. The Bertz CT molecular complexity index is 196. The molecule has 0 saturated carbocycles. The number of hydrogen-bond donors (Lipinski definition) is 3. The van der Waals surface area contributed by atoms with Gasteiger partial charge in [-0.1, -0.05) is 0 Å². The molecule has 0 atom stereocenters. The zero-order valence-electron chi connectivity index (χ0n) is 7.96. The van der Waals surface area contributed by atoms with Gasteiger partial charge in [0.15, 0.2) is 0 Å². The average molecular weight is 188 g/mol. The minimum atomic E-state index is -1.04. The van der Waals surface area contributed by atoms with Crippen LogP contribution in [0.25, 0.3) is 0 Å². The second-order valence-electron chi connectivity index (χ2n) is 3.66. The normalized spacial score (nSPS) is 11.0. The lowest BCUT2D eigenvalue weighted by molar-refractivity contribution is -0.138. The van der Waals surface area contributed by atoms with E-state index in [1.807, 2.05) is 13.8 Å². The highest BCUT2D eigenvalue weighted by atomic mass is 16.4. The molecular weight excluding hydrogens is 172 g/mol. The summed E-state index contributed by atoms with van der Waals surface area (Å²) in [6.45, 7) is 3.30. The lowest BCUT2D eigenvalue weighted by Gasteiger charge is -2.17. The number of nitrogens with one attached hydrogen (secondary N) is 1. The molecule has 0 bridgehead atoms. The van der Waals surface area contributed by atoms with Crippen LogP contribution in [0.15, 0.2) is 0 Å². The van der Waals surface area contributed by atoms with Gasteiger partial charge in [0.1, 0.15) is 6.54 Å². The summed E-state index contributed by atoms with van der Waals surface area (Å²) in [7, 11) is 0. The first-order valence-corrected chi connectivity index (χ1v) is 4.08. The number of nitrogens with two attached hydrogens (primary N) is 1. The molecule has 0 unspecified atom stereocenters. The van der Waals surface area contributed by atoms with Crippen molar-refractivity contribution in [3.63, 3.8) is 0 Å². The van der Waals surface area contributed by atoms with Crippen LogP contribution < -0.4 is 11.1 Å². The Labute approximate surface area is 77.3 Å². The first kappa shape index (κ1) is 11.9. The van der Waals surface area contributed by atoms with Gasteiger partial charge in [-0.15, -0.1) is 0 Å². The molecule has 76 valence electrons. The van der Waals surface area contributed by atoms with Crippen molar-refractivity contribution in [3.05, 3.63) is 0 Å². The summed E-state index contributed by atoms with van der Waals surface area (Å²) in [6, 6.07) is 0. The van der Waals surface area contributed by atoms with E-state index in [-0.39, 0.29) is 24.4 Å². The van der Waals surface area contributed by atoms with Gasteiger partial charge in [-0.2, -0.15) is 0 Å². The summed E-state index contributed by atoms with van der Waals surface area (Å²) in [4.78, 5) is 21.0. The Morgan fingerprint density at radius 1 is 1.46 bits per heavy atom. The van der Waals surface area contributed by atoms with Crippen LogP contribution in [-0.2, 0) is 9.59 Å². The molecule has 0 aromatic carbocycles. The topological polar surface area (TPSA) is 92.4 Å². The molecule has 0 aromatic rings. The van der Waals surface area contributed by atoms with E-state index in [1.165, 1.54) is 0 Å². The van der Waals surface area contributed by atoms with Gasteiger partial charge in [0.2, 0.25) is 5.91 Å². The van der Waals surface area contributed by atoms with Crippen LogP contribution >= 0.6 is 0 Å². The van der Waals surface area contributed by atoms with E-state index < -0.39 is 5.97 Å². The predicted octanol–water partition coefficient (Wildman–Crippen LogP) is -0.295. The number of carboxylic acids is 1. The van der Waals surface area contributed by atoms with Crippen molar-refractivity contribution in [1.29, 1.82) is 0 Å². The predicted molar refractivity (Wildman–Crippen MR) is 48.1 cm³/mol. The van der Waals surface area contributed by atoms with Crippen LogP contribution in [0, 0.1) is 0 Å². The Morgan fingerprint density at radius 3 is 2.38 bits per heavy atom. The lowest BCUT2D eigenvalue weighted by atomic mass is 10.00. The maximum atomic E-state index is 11.0. The second kappa shape index (κ2) is 4.81. The van der Waals surface area contributed by atoms with Crippen molar-refractivity contribution in [2.45, 2.75) is 32.2 Å². The van der Waals surface area contributed by atoms with Gasteiger partial charge in [0, 0.05) is 12.0 Å². The van der Waals surface area contributed by atoms with E-state index in [4.69, 9.17) is 10.8 Å². The molecule has 0 fully saturated rings. The molecule has 0 spiro atoms. The average Bonchev–Trinajstić information content (AvgIpc) is 1.95. The van der Waals surface area contributed by atoms with Crippen LogP contribution in [0.2, 0.25) is 0 Å². The van der Waals surface area contributed by atoms with Crippen molar-refractivity contribution in [3.8, 4) is 0 Å². The first-order valence-electron chi connectivity index (χ1n) is 4.08. The maximum Gasteiger partial charge on any atom is 0.322 e. The lowest BCUT2D eigenvalue weighted by Crippen LogP contribution is -2.35. The third-order valence-corrected chi connectivity index (χ3v) is 1.43. The fraction of sp³-hybridized carbons (Fsp3) is 0.750. The summed E-state index contributed by atoms with van der Waals surface area (Å²) in [6.07, 6.45) is 0.801. The third-order valence-electron chi connectivity index (χ3n) is 1.43. The van der Waals surface area contributed by atoms with Gasteiger partial charge < -0.3 is 16.2 Å². The Hall–Kier alpha value is -1.10. The molecule has 5 nitrogen and oxygen atoms in total. The van der Waals surface area contributed by atoms with Crippen molar-refractivity contribution < 1.29 is 14.7 Å². The van der Waals surface area contributed by atoms with Crippen molar-refractivity contribution >= 4 is 11.9 Å². The van der Waals surface area contributed by atoms with E-state index in [0.717, 1.165) is 0 Å². The molecule has 5 heteroatoms. The summed E-state index contributed by atoms with van der Waals surface area (Å²) in [5, 5.41) is 10.5. The molecule has 0 saturated heterocycles. The standard InChI is InChI=1S/C8H16N2O3/c1-8(2,9)4-3-6(11)10-5-7(12)13/h3-5,9H2,1-2H3,(H,10,11)(H,12,13). The fourth-order valence-corrected chi connectivity index (χ4v) is 0.698. The molecule has 0 heterocycles. The van der Waals surface area contributed by atoms with Gasteiger partial charge in [0.05, 0.1) is 0 Å². The fourth-order valence-electron chi connectivity index (χ4n) is 0.698. The molecule has 0 aliphatic heterocycles. The minimum Gasteiger partial charge on any atom is -0.480 e. The zero-order valence-corrected chi connectivity index (χ0v) is 7.96. The van der Waals surface area contributed by atoms with Gasteiger partial charge in [-0.05, 0) is 20.3 Å². The smallest absolute Gasteiger partial charge is 0.322 e. The Balaban J connectivity index is 3.58. The first-order chi connectivity index (χ1) is 5.81. The third kappa shape index (κ3) is 8.81. The molecular formula is C8H16N2O3. The van der Waals surface area contributed by atoms with Crippen LogP contribution in [0.1, 0.15) is 26.7 Å². The van der Waals surface area contributed by atoms with Gasteiger partial charge >= 0.3 is 5.97 Å². The van der Waals surface area contributed by atoms with Gasteiger partial charge in [-0.3, -0.25) is 9.59 Å². The maximum absolute atomic E-state index is 11.0. The molecule has 1 amide bonds. The van der Waals surface area contributed by atoms with E-state index >= 15 is 0 Å². The Morgan fingerprint density at radius 2 is 2.00 bits per heavy atom. The van der Waals surface area contributed by atoms with Crippen LogP contribution in [0.3, 0.4) is 0 Å². The van der Waals surface area contributed by atoms with E-state index in [1.54, 1.807) is 0 Å². The van der Waals surface area contributed by atoms with E-state index in [9.17, 15) is 9.59 Å². The number of aliphatic carboxylic acids is 1. The zero-order chi connectivity index (χ0) is 10.5. The summed E-state index contributed by atoms with van der Waals surface area (Å²) in [5.74, 6) is -1.32. The molecule has 0 aliphatic rings. The number of rotatable bonds is 5. The van der Waals surface area contributed by atoms with Crippen LogP contribution in [-0.4, -0.2) is 29.1 Å². The summed E-state index contributed by atoms with van der Waals surface area (Å²) >= 11 is 0. The SMILES string of the molecule is CC(C)(N)CCC(=O)NCC(=O)O.